The van der Waals surface area contributed by atoms with Crippen LogP contribution in [0.1, 0.15) is 23.0 Å². The Bertz CT molecular complexity index is 980. The van der Waals surface area contributed by atoms with Crippen LogP contribution in [0, 0.1) is 0 Å². The summed E-state index contributed by atoms with van der Waals surface area (Å²) in [7, 11) is 0. The fourth-order valence-electron chi connectivity index (χ4n) is 2.16. The van der Waals surface area contributed by atoms with Gasteiger partial charge in [0.15, 0.2) is 23.7 Å². The Hall–Kier alpha value is -3.27. The van der Waals surface area contributed by atoms with E-state index in [0.29, 0.717) is 28.5 Å². The first-order valence-corrected chi connectivity index (χ1v) is 8.83. The number of carbonyl (C=O) groups excluding carboxylic acids is 3. The van der Waals surface area contributed by atoms with Gasteiger partial charge in [-0.2, -0.15) is 0 Å². The zero-order valence-corrected chi connectivity index (χ0v) is 15.1. The first kappa shape index (κ1) is 18.5. The molecule has 3 aromatic rings. The number of carbonyl (C=O) groups is 3. The molecule has 9 nitrogen and oxygen atoms in total. The average Bonchev–Trinajstić information content (AvgIpc) is 3.28. The second-order valence-electron chi connectivity index (χ2n) is 5.28. The average molecular weight is 389 g/mol. The highest BCUT2D eigenvalue weighted by molar-refractivity contribution is 7.13. The Morgan fingerprint density at radius 3 is 2.93 bits per heavy atom. The molecule has 140 valence electrons. The fraction of sp³-hybridized carbons (Fsp3) is 0.235. The Morgan fingerprint density at radius 2 is 2.11 bits per heavy atom. The standard InChI is InChI=1S/C17H15N3O6S/c1-2-24-15(22)6-11-8-27-17(19-11)20-14(21)7-25-16(23)10-3-4-12-13(5-10)26-9-18-12/h3-5,8-9H,2,6-7H2,1H3,(H,19,20,21). The molecule has 3 rings (SSSR count). The maximum absolute atomic E-state index is 12.0. The maximum atomic E-state index is 12.0. The minimum Gasteiger partial charge on any atom is -0.466 e. The number of nitrogens with one attached hydrogen (secondary N) is 1. The lowest BCUT2D eigenvalue weighted by molar-refractivity contribution is -0.142. The molecule has 27 heavy (non-hydrogen) atoms. The number of hydrogen-bond donors (Lipinski definition) is 1. The highest BCUT2D eigenvalue weighted by Crippen LogP contribution is 2.17. The number of fused-ring (bicyclic) bond motifs is 1. The minimum absolute atomic E-state index is 0.0271. The SMILES string of the molecule is CCOC(=O)Cc1csc(NC(=O)COC(=O)c2ccc3ncoc3c2)n1. The number of nitrogens with zero attached hydrogens (tertiary/aromatic N) is 2. The summed E-state index contributed by atoms with van der Waals surface area (Å²) in [4.78, 5) is 43.4. The molecule has 0 radical (unpaired) electrons. The van der Waals surface area contributed by atoms with Crippen molar-refractivity contribution in [3.63, 3.8) is 0 Å². The Morgan fingerprint density at radius 1 is 1.26 bits per heavy atom. The van der Waals surface area contributed by atoms with Crippen molar-refractivity contribution < 1.29 is 28.3 Å². The van der Waals surface area contributed by atoms with Gasteiger partial charge in [-0.25, -0.2) is 14.8 Å². The third-order valence-electron chi connectivity index (χ3n) is 3.33. The largest absolute Gasteiger partial charge is 0.466 e. The Kier molecular flexibility index (Phi) is 5.77. The molecule has 1 aromatic carbocycles. The molecule has 0 aliphatic rings. The molecule has 10 heteroatoms. The van der Waals surface area contributed by atoms with E-state index in [1.54, 1.807) is 18.4 Å². The summed E-state index contributed by atoms with van der Waals surface area (Å²) in [6, 6.07) is 4.65. The number of oxazole rings is 1. The first-order chi connectivity index (χ1) is 13.0. The minimum atomic E-state index is -0.661. The molecular weight excluding hydrogens is 374 g/mol. The van der Waals surface area contributed by atoms with Gasteiger partial charge in [-0.05, 0) is 25.1 Å². The van der Waals surface area contributed by atoms with Crippen LogP contribution in [0.4, 0.5) is 5.13 Å². The first-order valence-electron chi connectivity index (χ1n) is 7.95. The van der Waals surface area contributed by atoms with Crippen LogP contribution in [0.2, 0.25) is 0 Å². The van der Waals surface area contributed by atoms with Gasteiger partial charge in [0.25, 0.3) is 5.91 Å². The normalized spacial score (nSPS) is 10.6. The van der Waals surface area contributed by atoms with Gasteiger partial charge in [-0.3, -0.25) is 14.9 Å². The predicted molar refractivity (Wildman–Crippen MR) is 95.4 cm³/mol. The van der Waals surface area contributed by atoms with E-state index in [1.807, 2.05) is 0 Å². The van der Waals surface area contributed by atoms with Crippen LogP contribution in [0.3, 0.4) is 0 Å². The highest BCUT2D eigenvalue weighted by Gasteiger charge is 2.14. The number of hydrogen-bond acceptors (Lipinski definition) is 9. The zero-order valence-electron chi connectivity index (χ0n) is 14.3. The summed E-state index contributed by atoms with van der Waals surface area (Å²) in [6.45, 7) is 1.54. The summed E-state index contributed by atoms with van der Waals surface area (Å²) in [6.07, 6.45) is 1.30. The summed E-state index contributed by atoms with van der Waals surface area (Å²) < 4.78 is 14.9. The number of amides is 1. The smallest absolute Gasteiger partial charge is 0.338 e. The van der Waals surface area contributed by atoms with Crippen molar-refractivity contribution >= 4 is 45.4 Å². The molecule has 2 heterocycles. The summed E-state index contributed by atoms with van der Waals surface area (Å²) >= 11 is 1.16. The van der Waals surface area contributed by atoms with Gasteiger partial charge in [0, 0.05) is 5.38 Å². The van der Waals surface area contributed by atoms with Gasteiger partial charge in [-0.1, -0.05) is 0 Å². The van der Waals surface area contributed by atoms with Gasteiger partial charge in [-0.15, -0.1) is 11.3 Å². The van der Waals surface area contributed by atoms with Gasteiger partial charge >= 0.3 is 11.9 Å². The quantitative estimate of drug-likeness (QED) is 0.611. The summed E-state index contributed by atoms with van der Waals surface area (Å²) in [5.74, 6) is -1.59. The van der Waals surface area contributed by atoms with Crippen LogP contribution in [-0.4, -0.2) is 41.0 Å². The van der Waals surface area contributed by atoms with Crippen LogP contribution in [-0.2, 0) is 25.5 Å². The van der Waals surface area contributed by atoms with E-state index < -0.39 is 24.5 Å². The maximum Gasteiger partial charge on any atom is 0.338 e. The Balaban J connectivity index is 1.50. The van der Waals surface area contributed by atoms with Gasteiger partial charge < -0.3 is 13.9 Å². The summed E-state index contributed by atoms with van der Waals surface area (Å²) in [5.41, 5.74) is 1.81. The van der Waals surface area contributed by atoms with Crippen molar-refractivity contribution in [1.29, 1.82) is 0 Å². The predicted octanol–water partition coefficient (Wildman–Crippen LogP) is 2.19. The fourth-order valence-corrected chi connectivity index (χ4v) is 2.88. The third kappa shape index (κ3) is 4.88. The summed E-state index contributed by atoms with van der Waals surface area (Å²) in [5, 5.41) is 4.46. The van der Waals surface area contributed by atoms with Crippen LogP contribution < -0.4 is 5.32 Å². The number of aromatic nitrogens is 2. The number of rotatable bonds is 7. The monoisotopic (exact) mass is 389 g/mol. The number of anilines is 1. The highest BCUT2D eigenvalue weighted by atomic mass is 32.1. The zero-order chi connectivity index (χ0) is 19.2. The van der Waals surface area contributed by atoms with Crippen molar-refractivity contribution in [3.8, 4) is 0 Å². The molecule has 0 saturated carbocycles. The van der Waals surface area contributed by atoms with E-state index >= 15 is 0 Å². The molecule has 0 unspecified atom stereocenters. The molecule has 1 amide bonds. The van der Waals surface area contributed by atoms with E-state index in [2.05, 4.69) is 15.3 Å². The van der Waals surface area contributed by atoms with Crippen LogP contribution in [0.5, 0.6) is 0 Å². The lowest BCUT2D eigenvalue weighted by atomic mass is 10.2. The lowest BCUT2D eigenvalue weighted by Crippen LogP contribution is -2.21. The number of thiazole rings is 1. The second-order valence-corrected chi connectivity index (χ2v) is 6.14. The molecule has 0 aliphatic carbocycles. The number of ether oxygens (including phenoxy) is 2. The van der Waals surface area contributed by atoms with E-state index in [4.69, 9.17) is 13.9 Å². The topological polar surface area (TPSA) is 121 Å². The molecule has 0 spiro atoms. The van der Waals surface area contributed by atoms with E-state index in [-0.39, 0.29) is 12.0 Å². The molecule has 0 atom stereocenters. The lowest BCUT2D eigenvalue weighted by Gasteiger charge is -2.04. The number of benzene rings is 1. The van der Waals surface area contributed by atoms with Gasteiger partial charge in [0.05, 0.1) is 24.3 Å². The third-order valence-corrected chi connectivity index (χ3v) is 4.14. The molecule has 2 aromatic heterocycles. The second kappa shape index (κ2) is 8.41. The molecular formula is C17H15N3O6S. The van der Waals surface area contributed by atoms with Gasteiger partial charge in [0.1, 0.15) is 5.52 Å². The van der Waals surface area contributed by atoms with Crippen LogP contribution >= 0.6 is 11.3 Å². The van der Waals surface area contributed by atoms with Crippen molar-refractivity contribution in [2.75, 3.05) is 18.5 Å². The van der Waals surface area contributed by atoms with Crippen LogP contribution in [0.15, 0.2) is 34.4 Å². The van der Waals surface area contributed by atoms with E-state index in [9.17, 15) is 14.4 Å². The number of esters is 2. The molecule has 1 N–H and O–H groups in total. The molecule has 0 saturated heterocycles. The van der Waals surface area contributed by atoms with Crippen LogP contribution in [0.25, 0.3) is 11.1 Å². The van der Waals surface area contributed by atoms with Crippen molar-refractivity contribution in [1.82, 2.24) is 9.97 Å². The Labute approximate surface area is 157 Å². The van der Waals surface area contributed by atoms with Gasteiger partial charge in [0.2, 0.25) is 0 Å². The van der Waals surface area contributed by atoms with E-state index in [0.717, 1.165) is 11.3 Å². The van der Waals surface area contributed by atoms with E-state index in [1.165, 1.54) is 18.5 Å². The molecule has 0 bridgehead atoms. The van der Waals surface area contributed by atoms with Crippen molar-refractivity contribution in [2.24, 2.45) is 0 Å². The van der Waals surface area contributed by atoms with Crippen molar-refractivity contribution in [3.05, 3.63) is 41.2 Å². The molecule has 0 fully saturated rings. The molecule has 0 aliphatic heterocycles. The van der Waals surface area contributed by atoms with Crippen molar-refractivity contribution in [2.45, 2.75) is 13.3 Å².